The first kappa shape index (κ1) is 17.5. The van der Waals surface area contributed by atoms with Crippen molar-refractivity contribution in [2.24, 2.45) is 5.92 Å². The molecule has 0 spiro atoms. The Hall–Kier alpha value is -1.55. The maximum Gasteiger partial charge on any atom is 0.319 e. The molecule has 21 heavy (non-hydrogen) atoms. The van der Waals surface area contributed by atoms with E-state index >= 15 is 0 Å². The van der Waals surface area contributed by atoms with Crippen molar-refractivity contribution in [3.8, 4) is 0 Å². The third-order valence-corrected chi connectivity index (χ3v) is 4.11. The molecule has 4 heteroatoms. The molecule has 0 aliphatic rings. The Balaban J connectivity index is 2.63. The van der Waals surface area contributed by atoms with Gasteiger partial charge in [-0.15, -0.1) is 0 Å². The van der Waals surface area contributed by atoms with Crippen LogP contribution in [0.15, 0.2) is 24.3 Å². The predicted octanol–water partition coefficient (Wildman–Crippen LogP) is 3.73. The molecule has 2 atom stereocenters. The second-order valence-corrected chi connectivity index (χ2v) is 6.22. The van der Waals surface area contributed by atoms with Crippen LogP contribution in [0.1, 0.15) is 52.5 Å². The normalized spacial score (nSPS) is 15.4. The molecule has 0 aliphatic heterocycles. The van der Waals surface area contributed by atoms with Gasteiger partial charge in [-0.05, 0) is 30.4 Å². The third kappa shape index (κ3) is 5.05. The van der Waals surface area contributed by atoms with E-state index in [4.69, 9.17) is 0 Å². The summed E-state index contributed by atoms with van der Waals surface area (Å²) in [7, 11) is 0. The Morgan fingerprint density at radius 3 is 2.48 bits per heavy atom. The molecule has 2 unspecified atom stereocenters. The summed E-state index contributed by atoms with van der Waals surface area (Å²) < 4.78 is 0. The fraction of sp³-hybridized carbons (Fsp3) is 0.588. The van der Waals surface area contributed by atoms with Crippen molar-refractivity contribution in [3.63, 3.8) is 0 Å². The number of amides is 2. The summed E-state index contributed by atoms with van der Waals surface area (Å²) in [5, 5.41) is 15.9. The number of para-hydroxylation sites is 1. The van der Waals surface area contributed by atoms with Gasteiger partial charge in [0.2, 0.25) is 0 Å². The van der Waals surface area contributed by atoms with Crippen LogP contribution < -0.4 is 10.6 Å². The zero-order chi connectivity index (χ0) is 16.0. The molecule has 118 valence electrons. The second-order valence-electron chi connectivity index (χ2n) is 6.22. The molecule has 0 saturated heterocycles. The van der Waals surface area contributed by atoms with Gasteiger partial charge in [-0.1, -0.05) is 52.3 Å². The van der Waals surface area contributed by atoms with Gasteiger partial charge in [0.1, 0.15) is 0 Å². The molecule has 3 N–H and O–H groups in total. The Morgan fingerprint density at radius 2 is 1.90 bits per heavy atom. The molecular weight excluding hydrogens is 264 g/mol. The molecule has 0 aromatic heterocycles. The average molecular weight is 292 g/mol. The van der Waals surface area contributed by atoms with Gasteiger partial charge in [0, 0.05) is 12.2 Å². The quantitative estimate of drug-likeness (QED) is 0.748. The number of carbonyl (C=O) groups is 1. The monoisotopic (exact) mass is 292 g/mol. The molecule has 0 bridgehead atoms. The highest BCUT2D eigenvalue weighted by atomic mass is 16.3. The highest BCUT2D eigenvalue weighted by Crippen LogP contribution is 2.23. The molecule has 2 amide bonds. The van der Waals surface area contributed by atoms with E-state index in [1.54, 1.807) is 6.92 Å². The van der Waals surface area contributed by atoms with Crippen LogP contribution in [-0.2, 0) is 0 Å². The topological polar surface area (TPSA) is 61.4 Å². The first-order valence-electron chi connectivity index (χ1n) is 7.64. The maximum absolute atomic E-state index is 12.0. The number of nitrogens with one attached hydrogen (secondary N) is 2. The molecule has 0 fully saturated rings. The lowest BCUT2D eigenvalue weighted by atomic mass is 9.89. The SMILES string of the molecule is CCC(C)C(C)(O)CNC(=O)Nc1ccccc1C(C)C. The minimum absolute atomic E-state index is 0.126. The first-order valence-corrected chi connectivity index (χ1v) is 7.64. The minimum atomic E-state index is -0.899. The summed E-state index contributed by atoms with van der Waals surface area (Å²) in [5.74, 6) is 0.463. The van der Waals surface area contributed by atoms with Crippen molar-refractivity contribution in [1.82, 2.24) is 5.32 Å². The van der Waals surface area contributed by atoms with Crippen molar-refractivity contribution >= 4 is 11.7 Å². The molecular formula is C17H28N2O2. The number of carbonyl (C=O) groups excluding carboxylic acids is 1. The van der Waals surface area contributed by atoms with Crippen molar-refractivity contribution in [3.05, 3.63) is 29.8 Å². The molecule has 0 aliphatic carbocycles. The van der Waals surface area contributed by atoms with E-state index in [1.807, 2.05) is 38.1 Å². The molecule has 0 saturated carbocycles. The number of rotatable bonds is 6. The van der Waals surface area contributed by atoms with Gasteiger partial charge >= 0.3 is 6.03 Å². The lowest BCUT2D eigenvalue weighted by molar-refractivity contribution is 0.00827. The Kier molecular flexibility index (Phi) is 6.21. The Labute approximate surface area is 128 Å². The zero-order valence-corrected chi connectivity index (χ0v) is 13.7. The van der Waals surface area contributed by atoms with Crippen LogP contribution in [0.25, 0.3) is 0 Å². The summed E-state index contributed by atoms with van der Waals surface area (Å²) in [6.07, 6.45) is 0.868. The molecule has 1 aromatic rings. The van der Waals surface area contributed by atoms with Crippen LogP contribution in [0, 0.1) is 5.92 Å². The molecule has 1 rings (SSSR count). The van der Waals surface area contributed by atoms with Gasteiger partial charge in [-0.25, -0.2) is 4.79 Å². The number of anilines is 1. The summed E-state index contributed by atoms with van der Waals surface area (Å²) >= 11 is 0. The van der Waals surface area contributed by atoms with Crippen molar-refractivity contribution in [1.29, 1.82) is 0 Å². The Morgan fingerprint density at radius 1 is 1.29 bits per heavy atom. The minimum Gasteiger partial charge on any atom is -0.388 e. The highest BCUT2D eigenvalue weighted by Gasteiger charge is 2.27. The largest absolute Gasteiger partial charge is 0.388 e. The standard InChI is InChI=1S/C17H28N2O2/c1-6-13(4)17(5,21)11-18-16(20)19-15-10-8-7-9-14(15)12(2)3/h7-10,12-13,21H,6,11H2,1-5H3,(H2,18,19,20). The van der Waals surface area contributed by atoms with Crippen LogP contribution >= 0.6 is 0 Å². The molecule has 1 aromatic carbocycles. The number of aliphatic hydroxyl groups is 1. The van der Waals surface area contributed by atoms with E-state index in [2.05, 4.69) is 24.5 Å². The molecule has 0 heterocycles. The maximum atomic E-state index is 12.0. The van der Waals surface area contributed by atoms with E-state index in [-0.39, 0.29) is 18.5 Å². The number of hydrogen-bond donors (Lipinski definition) is 3. The van der Waals surface area contributed by atoms with E-state index in [9.17, 15) is 9.90 Å². The number of benzene rings is 1. The fourth-order valence-electron chi connectivity index (χ4n) is 2.15. The van der Waals surface area contributed by atoms with Crippen LogP contribution in [0.3, 0.4) is 0 Å². The van der Waals surface area contributed by atoms with Crippen molar-refractivity contribution in [2.45, 2.75) is 52.6 Å². The van der Waals surface area contributed by atoms with Gasteiger partial charge in [0.05, 0.1) is 5.60 Å². The second kappa shape index (κ2) is 7.46. The summed E-state index contributed by atoms with van der Waals surface area (Å²) in [6.45, 7) is 10.2. The Bertz CT molecular complexity index is 470. The van der Waals surface area contributed by atoms with E-state index < -0.39 is 5.60 Å². The lowest BCUT2D eigenvalue weighted by Crippen LogP contribution is -2.46. The third-order valence-electron chi connectivity index (χ3n) is 4.11. The van der Waals surface area contributed by atoms with Crippen LogP contribution in [0.2, 0.25) is 0 Å². The van der Waals surface area contributed by atoms with Gasteiger partial charge in [0.25, 0.3) is 0 Å². The smallest absolute Gasteiger partial charge is 0.319 e. The van der Waals surface area contributed by atoms with Crippen LogP contribution in [0.4, 0.5) is 10.5 Å². The highest BCUT2D eigenvalue weighted by molar-refractivity contribution is 5.90. The van der Waals surface area contributed by atoms with Crippen molar-refractivity contribution < 1.29 is 9.90 Å². The number of hydrogen-bond acceptors (Lipinski definition) is 2. The average Bonchev–Trinajstić information content (AvgIpc) is 2.44. The molecule has 4 nitrogen and oxygen atoms in total. The van der Waals surface area contributed by atoms with Crippen LogP contribution in [-0.4, -0.2) is 23.3 Å². The predicted molar refractivity (Wildman–Crippen MR) is 87.6 cm³/mol. The molecule has 0 radical (unpaired) electrons. The van der Waals surface area contributed by atoms with Gasteiger partial charge in [0.15, 0.2) is 0 Å². The van der Waals surface area contributed by atoms with Crippen molar-refractivity contribution in [2.75, 3.05) is 11.9 Å². The lowest BCUT2D eigenvalue weighted by Gasteiger charge is -2.29. The van der Waals surface area contributed by atoms with Gasteiger partial charge < -0.3 is 15.7 Å². The van der Waals surface area contributed by atoms with Gasteiger partial charge in [-0.3, -0.25) is 0 Å². The van der Waals surface area contributed by atoms with Gasteiger partial charge in [-0.2, -0.15) is 0 Å². The van der Waals surface area contributed by atoms with E-state index in [1.165, 1.54) is 0 Å². The summed E-state index contributed by atoms with van der Waals surface area (Å²) in [4.78, 5) is 12.0. The number of urea groups is 1. The summed E-state index contributed by atoms with van der Waals surface area (Å²) in [5.41, 5.74) is 1.01. The summed E-state index contributed by atoms with van der Waals surface area (Å²) in [6, 6.07) is 7.48. The first-order chi connectivity index (χ1) is 9.77. The fourth-order valence-corrected chi connectivity index (χ4v) is 2.15. The van der Waals surface area contributed by atoms with E-state index in [0.717, 1.165) is 17.7 Å². The zero-order valence-electron chi connectivity index (χ0n) is 13.7. The van der Waals surface area contributed by atoms with Crippen LogP contribution in [0.5, 0.6) is 0 Å². The van der Waals surface area contributed by atoms with E-state index in [0.29, 0.717) is 5.92 Å².